The summed E-state index contributed by atoms with van der Waals surface area (Å²) in [5.74, 6) is 0.510. The van der Waals surface area contributed by atoms with E-state index in [0.717, 1.165) is 24.8 Å². The Morgan fingerprint density at radius 3 is 2.74 bits per heavy atom. The van der Waals surface area contributed by atoms with Gasteiger partial charge >= 0.3 is 5.97 Å². The van der Waals surface area contributed by atoms with Gasteiger partial charge in [0.25, 0.3) is 0 Å². The summed E-state index contributed by atoms with van der Waals surface area (Å²) < 4.78 is 31.1. The van der Waals surface area contributed by atoms with Gasteiger partial charge in [-0.1, -0.05) is 20.8 Å². The van der Waals surface area contributed by atoms with Crippen LogP contribution in [0.4, 0.5) is 0 Å². The largest absolute Gasteiger partial charge is 0.458 e. The third-order valence-corrected chi connectivity index (χ3v) is 9.30. The molecule has 9 unspecified atom stereocenters. The molecule has 6 nitrogen and oxygen atoms in total. The number of carbonyl (C=O) groups excluding carboxylic acids is 1. The summed E-state index contributed by atoms with van der Waals surface area (Å²) in [6.07, 6.45) is 2.79. The lowest BCUT2D eigenvalue weighted by Crippen LogP contribution is -2.69. The number of rotatable bonds is 2. The Morgan fingerprint density at radius 1 is 1.19 bits per heavy atom. The summed E-state index contributed by atoms with van der Waals surface area (Å²) in [4.78, 5) is 12.1. The number of methoxy groups -OCH3 is 1. The number of carbonyl (C=O) groups is 1. The zero-order chi connectivity index (χ0) is 18.6. The van der Waals surface area contributed by atoms with Gasteiger partial charge in [0.1, 0.15) is 36.1 Å². The second-order valence-electron chi connectivity index (χ2n) is 10.1. The van der Waals surface area contributed by atoms with Crippen molar-refractivity contribution < 1.29 is 28.5 Å². The van der Waals surface area contributed by atoms with E-state index in [1.54, 1.807) is 7.11 Å². The van der Waals surface area contributed by atoms with Crippen LogP contribution in [0.25, 0.3) is 0 Å². The second kappa shape index (κ2) is 4.16. The first-order chi connectivity index (χ1) is 12.9. The first-order valence-corrected chi connectivity index (χ1v) is 10.3. The van der Waals surface area contributed by atoms with Crippen molar-refractivity contribution in [2.45, 2.75) is 81.3 Å². The molecule has 4 aliphatic heterocycles. The minimum Gasteiger partial charge on any atom is -0.458 e. The molecule has 27 heavy (non-hydrogen) atoms. The van der Waals surface area contributed by atoms with Crippen LogP contribution < -0.4 is 0 Å². The van der Waals surface area contributed by atoms with Crippen LogP contribution in [0.3, 0.4) is 0 Å². The van der Waals surface area contributed by atoms with Crippen molar-refractivity contribution in [2.75, 3.05) is 13.7 Å². The molecule has 0 aromatic carbocycles. The number of hydrogen-bond donors (Lipinski definition) is 0. The van der Waals surface area contributed by atoms with Gasteiger partial charge in [-0.3, -0.25) is 0 Å². The van der Waals surface area contributed by atoms with Crippen molar-refractivity contribution in [3.8, 4) is 0 Å². The minimum absolute atomic E-state index is 0.0734. The van der Waals surface area contributed by atoms with Crippen LogP contribution >= 0.6 is 0 Å². The van der Waals surface area contributed by atoms with Gasteiger partial charge in [0.05, 0.1) is 6.10 Å². The fourth-order valence-electron chi connectivity index (χ4n) is 8.02. The van der Waals surface area contributed by atoms with Crippen LogP contribution in [0, 0.1) is 17.3 Å². The smallest absolute Gasteiger partial charge is 0.334 e. The zero-order valence-electron chi connectivity index (χ0n) is 16.2. The molecule has 0 radical (unpaired) electrons. The van der Waals surface area contributed by atoms with Crippen LogP contribution in [0.2, 0.25) is 0 Å². The van der Waals surface area contributed by atoms with Crippen LogP contribution in [0.5, 0.6) is 0 Å². The molecule has 3 aliphatic carbocycles. The highest BCUT2D eigenvalue weighted by Gasteiger charge is 3.00. The predicted molar refractivity (Wildman–Crippen MR) is 91.9 cm³/mol. The normalized spacial score (nSPS) is 61.2. The van der Waals surface area contributed by atoms with E-state index in [4.69, 9.17) is 23.7 Å². The van der Waals surface area contributed by atoms with Crippen molar-refractivity contribution in [2.24, 2.45) is 17.3 Å². The molecule has 0 aromatic heterocycles. The SMILES string of the molecule is COC1C2(C(C)C)OC2C2OC23C2(C)CCC4=C(COC4=O)C2CC2OC213. The number of fused-ring (bicyclic) bond motifs is 4. The first-order valence-electron chi connectivity index (χ1n) is 10.3. The standard InChI is InChI=1S/C21H26O6/c1-9(2)19-14(26-19)15-21(27-15)18(3)6-5-10-11(8-24-16(10)22)12(18)7-13-20(21,25-13)17(19)23-4/h9,12-15,17H,5-8H2,1-4H3. The van der Waals surface area contributed by atoms with Gasteiger partial charge in [0, 0.05) is 18.1 Å². The van der Waals surface area contributed by atoms with E-state index in [1.165, 1.54) is 5.57 Å². The van der Waals surface area contributed by atoms with Crippen molar-refractivity contribution in [3.05, 3.63) is 11.1 Å². The Labute approximate surface area is 158 Å². The molecule has 7 aliphatic rings. The third kappa shape index (κ3) is 1.30. The highest BCUT2D eigenvalue weighted by atomic mass is 16.8. The second-order valence-corrected chi connectivity index (χ2v) is 10.1. The summed E-state index contributed by atoms with van der Waals surface area (Å²) in [5, 5.41) is 0. The number of cyclic esters (lactones) is 1. The van der Waals surface area contributed by atoms with Gasteiger partial charge < -0.3 is 23.7 Å². The van der Waals surface area contributed by atoms with E-state index in [9.17, 15) is 4.79 Å². The van der Waals surface area contributed by atoms with Gasteiger partial charge in [-0.2, -0.15) is 0 Å². The van der Waals surface area contributed by atoms with E-state index in [-0.39, 0.29) is 52.9 Å². The van der Waals surface area contributed by atoms with E-state index < -0.39 is 5.60 Å². The van der Waals surface area contributed by atoms with Crippen molar-refractivity contribution in [3.63, 3.8) is 0 Å². The average Bonchev–Trinajstić information content (AvgIpc) is 3.52. The van der Waals surface area contributed by atoms with Gasteiger partial charge in [-0.15, -0.1) is 0 Å². The molecule has 0 aromatic rings. The Balaban J connectivity index is 1.39. The Morgan fingerprint density at radius 2 is 2.00 bits per heavy atom. The van der Waals surface area contributed by atoms with Crippen LogP contribution in [0.1, 0.15) is 40.0 Å². The molecule has 7 rings (SSSR count). The lowest BCUT2D eigenvalue weighted by molar-refractivity contribution is -0.136. The summed E-state index contributed by atoms with van der Waals surface area (Å²) >= 11 is 0. The average molecular weight is 374 g/mol. The molecule has 0 amide bonds. The number of hydrogen-bond acceptors (Lipinski definition) is 6. The Kier molecular flexibility index (Phi) is 2.45. The summed E-state index contributed by atoms with van der Waals surface area (Å²) in [6.45, 7) is 7.21. The van der Waals surface area contributed by atoms with Crippen LogP contribution in [-0.2, 0) is 28.5 Å². The van der Waals surface area contributed by atoms with Gasteiger partial charge in [0.15, 0.2) is 5.60 Å². The number of esters is 1. The van der Waals surface area contributed by atoms with Gasteiger partial charge in [0.2, 0.25) is 0 Å². The molecular formula is C21H26O6. The third-order valence-electron chi connectivity index (χ3n) is 9.30. The van der Waals surface area contributed by atoms with E-state index >= 15 is 0 Å². The number of epoxide rings is 3. The fourth-order valence-corrected chi connectivity index (χ4v) is 8.02. The lowest BCUT2D eigenvalue weighted by Gasteiger charge is -2.53. The highest BCUT2D eigenvalue weighted by molar-refractivity contribution is 5.92. The van der Waals surface area contributed by atoms with E-state index in [1.807, 2.05) is 0 Å². The Hall–Kier alpha value is -0.950. The quantitative estimate of drug-likeness (QED) is 0.542. The fraction of sp³-hybridized carbons (Fsp3) is 0.857. The first kappa shape index (κ1) is 15.9. The maximum absolute atomic E-state index is 12.1. The maximum atomic E-state index is 12.1. The minimum atomic E-state index is -0.406. The molecule has 5 fully saturated rings. The van der Waals surface area contributed by atoms with E-state index in [2.05, 4.69) is 20.8 Å². The van der Waals surface area contributed by atoms with Crippen molar-refractivity contribution >= 4 is 5.97 Å². The van der Waals surface area contributed by atoms with Gasteiger partial charge in [-0.05, 0) is 36.7 Å². The molecule has 6 heteroatoms. The molecule has 9 atom stereocenters. The summed E-state index contributed by atoms with van der Waals surface area (Å²) in [5.41, 5.74) is 0.978. The van der Waals surface area contributed by atoms with Crippen molar-refractivity contribution in [1.29, 1.82) is 0 Å². The Bertz CT molecular complexity index is 835. The zero-order valence-corrected chi connectivity index (χ0v) is 16.2. The molecule has 3 saturated heterocycles. The predicted octanol–water partition coefficient (Wildman–Crippen LogP) is 1.76. The van der Waals surface area contributed by atoms with E-state index in [0.29, 0.717) is 12.5 Å². The molecule has 2 spiro atoms. The lowest BCUT2D eigenvalue weighted by atomic mass is 9.46. The molecule has 0 N–H and O–H groups in total. The van der Waals surface area contributed by atoms with Gasteiger partial charge in [-0.25, -0.2) is 4.79 Å². The van der Waals surface area contributed by atoms with Crippen LogP contribution in [0.15, 0.2) is 11.1 Å². The molecule has 146 valence electrons. The van der Waals surface area contributed by atoms with Crippen molar-refractivity contribution in [1.82, 2.24) is 0 Å². The molecule has 2 saturated carbocycles. The maximum Gasteiger partial charge on any atom is 0.334 e. The monoisotopic (exact) mass is 374 g/mol. The highest BCUT2D eigenvalue weighted by Crippen LogP contribution is 2.83. The topological polar surface area (TPSA) is 73.1 Å². The van der Waals surface area contributed by atoms with Crippen LogP contribution in [-0.4, -0.2) is 60.9 Å². The molecule has 4 heterocycles. The molecule has 0 bridgehead atoms. The summed E-state index contributed by atoms with van der Waals surface area (Å²) in [6, 6.07) is 0. The number of ether oxygens (including phenoxy) is 5. The summed E-state index contributed by atoms with van der Waals surface area (Å²) in [7, 11) is 1.79. The molecular weight excluding hydrogens is 348 g/mol.